The molecule has 1 saturated heterocycles. The zero-order valence-corrected chi connectivity index (χ0v) is 8.91. The number of ether oxygens (including phenoxy) is 1. The number of carbonyl (C=O) groups excluding carboxylic acids is 1. The molecule has 1 amide bonds. The van der Waals surface area contributed by atoms with Crippen molar-refractivity contribution in [3.05, 3.63) is 35.6 Å². The molecule has 0 unspecified atom stereocenters. The van der Waals surface area contributed by atoms with Gasteiger partial charge in [-0.15, -0.1) is 0 Å². The minimum atomic E-state index is -0.331. The van der Waals surface area contributed by atoms with Crippen LogP contribution in [0.3, 0.4) is 0 Å². The highest BCUT2D eigenvalue weighted by Gasteiger charge is 2.16. The highest BCUT2D eigenvalue weighted by Crippen LogP contribution is 2.08. The van der Waals surface area contributed by atoms with Crippen molar-refractivity contribution in [2.45, 2.75) is 18.9 Å². The molecule has 1 aromatic carbocycles. The van der Waals surface area contributed by atoms with Crippen molar-refractivity contribution in [3.8, 4) is 0 Å². The number of carbonyl (C=O) groups is 1. The molecule has 16 heavy (non-hydrogen) atoms. The first kappa shape index (κ1) is 11.1. The van der Waals surface area contributed by atoms with Gasteiger partial charge in [0.2, 0.25) is 0 Å². The summed E-state index contributed by atoms with van der Waals surface area (Å²) in [7, 11) is 0. The molecule has 1 aliphatic heterocycles. The molecule has 0 saturated carbocycles. The van der Waals surface area contributed by atoms with Crippen molar-refractivity contribution >= 4 is 5.91 Å². The second-order valence-corrected chi connectivity index (χ2v) is 3.87. The van der Waals surface area contributed by atoms with Gasteiger partial charge in [-0.05, 0) is 37.1 Å². The van der Waals surface area contributed by atoms with Gasteiger partial charge in [-0.1, -0.05) is 0 Å². The third kappa shape index (κ3) is 2.79. The van der Waals surface area contributed by atoms with E-state index in [0.717, 1.165) is 12.8 Å². The zero-order valence-electron chi connectivity index (χ0n) is 8.91. The second-order valence-electron chi connectivity index (χ2n) is 3.87. The van der Waals surface area contributed by atoms with E-state index in [2.05, 4.69) is 5.32 Å². The lowest BCUT2D eigenvalue weighted by Gasteiger charge is -2.23. The van der Waals surface area contributed by atoms with E-state index in [0.29, 0.717) is 18.8 Å². The molecule has 1 N–H and O–H groups in total. The SMILES string of the molecule is O=C(NC1CCOCC1)c1ccc(F)cc1. The topological polar surface area (TPSA) is 38.3 Å². The monoisotopic (exact) mass is 223 g/mol. The van der Waals surface area contributed by atoms with E-state index in [1.807, 2.05) is 0 Å². The minimum absolute atomic E-state index is 0.146. The summed E-state index contributed by atoms with van der Waals surface area (Å²) < 4.78 is 17.9. The molecule has 0 bridgehead atoms. The predicted molar refractivity (Wildman–Crippen MR) is 57.7 cm³/mol. The van der Waals surface area contributed by atoms with E-state index in [-0.39, 0.29) is 17.8 Å². The van der Waals surface area contributed by atoms with E-state index in [4.69, 9.17) is 4.74 Å². The van der Waals surface area contributed by atoms with Crippen molar-refractivity contribution < 1.29 is 13.9 Å². The Balaban J connectivity index is 1.94. The number of hydrogen-bond donors (Lipinski definition) is 1. The summed E-state index contributed by atoms with van der Waals surface area (Å²) in [5.41, 5.74) is 0.493. The number of rotatable bonds is 2. The van der Waals surface area contributed by atoms with Crippen LogP contribution in [0.5, 0.6) is 0 Å². The average Bonchev–Trinajstić information content (AvgIpc) is 2.31. The molecule has 1 aromatic rings. The van der Waals surface area contributed by atoms with Crippen LogP contribution in [0.15, 0.2) is 24.3 Å². The maximum absolute atomic E-state index is 12.7. The summed E-state index contributed by atoms with van der Waals surface area (Å²) in [6, 6.07) is 5.73. The average molecular weight is 223 g/mol. The smallest absolute Gasteiger partial charge is 0.251 e. The first-order valence-electron chi connectivity index (χ1n) is 5.40. The number of benzene rings is 1. The molecule has 0 atom stereocenters. The first-order valence-corrected chi connectivity index (χ1v) is 5.40. The molecule has 86 valence electrons. The maximum atomic E-state index is 12.7. The van der Waals surface area contributed by atoms with Crippen molar-refractivity contribution in [1.82, 2.24) is 5.32 Å². The van der Waals surface area contributed by atoms with Crippen LogP contribution in [-0.4, -0.2) is 25.2 Å². The van der Waals surface area contributed by atoms with Crippen LogP contribution in [0.25, 0.3) is 0 Å². The summed E-state index contributed by atoms with van der Waals surface area (Å²) in [6.07, 6.45) is 1.68. The van der Waals surface area contributed by atoms with Crippen LogP contribution in [0.2, 0.25) is 0 Å². The van der Waals surface area contributed by atoms with Crippen molar-refractivity contribution in [2.75, 3.05) is 13.2 Å². The van der Waals surface area contributed by atoms with Gasteiger partial charge in [-0.2, -0.15) is 0 Å². The Kier molecular flexibility index (Phi) is 3.51. The molecule has 1 heterocycles. The van der Waals surface area contributed by atoms with Crippen LogP contribution in [0.1, 0.15) is 23.2 Å². The van der Waals surface area contributed by atoms with Crippen LogP contribution in [0.4, 0.5) is 4.39 Å². The van der Waals surface area contributed by atoms with Gasteiger partial charge < -0.3 is 10.1 Å². The first-order chi connectivity index (χ1) is 7.75. The van der Waals surface area contributed by atoms with Crippen LogP contribution >= 0.6 is 0 Å². The highest BCUT2D eigenvalue weighted by atomic mass is 19.1. The Morgan fingerprint density at radius 1 is 1.25 bits per heavy atom. The second kappa shape index (κ2) is 5.07. The van der Waals surface area contributed by atoms with E-state index < -0.39 is 0 Å². The molecular weight excluding hydrogens is 209 g/mol. The van der Waals surface area contributed by atoms with Crippen LogP contribution in [0, 0.1) is 5.82 Å². The predicted octanol–water partition coefficient (Wildman–Crippen LogP) is 1.73. The Labute approximate surface area is 93.6 Å². The molecule has 0 spiro atoms. The van der Waals surface area contributed by atoms with Crippen molar-refractivity contribution in [1.29, 1.82) is 0 Å². The van der Waals surface area contributed by atoms with Gasteiger partial charge >= 0.3 is 0 Å². The van der Waals surface area contributed by atoms with Gasteiger partial charge in [0.15, 0.2) is 0 Å². The van der Waals surface area contributed by atoms with Gasteiger partial charge in [0.25, 0.3) is 5.91 Å². The van der Waals surface area contributed by atoms with Crippen LogP contribution in [-0.2, 0) is 4.74 Å². The Hall–Kier alpha value is -1.42. The summed E-state index contributed by atoms with van der Waals surface area (Å²) in [5, 5.41) is 2.91. The lowest BCUT2D eigenvalue weighted by molar-refractivity contribution is 0.0696. The van der Waals surface area contributed by atoms with E-state index >= 15 is 0 Å². The van der Waals surface area contributed by atoms with Gasteiger partial charge in [-0.3, -0.25) is 4.79 Å². The summed E-state index contributed by atoms with van der Waals surface area (Å²) >= 11 is 0. The third-order valence-corrected chi connectivity index (χ3v) is 2.66. The fourth-order valence-corrected chi connectivity index (χ4v) is 1.71. The van der Waals surface area contributed by atoms with Gasteiger partial charge in [0.05, 0.1) is 0 Å². The quantitative estimate of drug-likeness (QED) is 0.829. The number of halogens is 1. The maximum Gasteiger partial charge on any atom is 0.251 e. The normalized spacial score (nSPS) is 17.1. The lowest BCUT2D eigenvalue weighted by atomic mass is 10.1. The number of nitrogens with one attached hydrogen (secondary N) is 1. The van der Waals surface area contributed by atoms with E-state index in [9.17, 15) is 9.18 Å². The zero-order chi connectivity index (χ0) is 11.4. The van der Waals surface area contributed by atoms with Gasteiger partial charge in [0.1, 0.15) is 5.82 Å². The molecule has 0 aliphatic carbocycles. The summed E-state index contributed by atoms with van der Waals surface area (Å²) in [5.74, 6) is -0.477. The van der Waals surface area contributed by atoms with E-state index in [1.165, 1.54) is 24.3 Å². The molecular formula is C12H14FNO2. The Bertz CT molecular complexity index is 358. The van der Waals surface area contributed by atoms with Crippen LogP contribution < -0.4 is 5.32 Å². The molecule has 0 aromatic heterocycles. The molecule has 3 nitrogen and oxygen atoms in total. The summed E-state index contributed by atoms with van der Waals surface area (Å²) in [4.78, 5) is 11.7. The number of hydrogen-bond acceptors (Lipinski definition) is 2. The van der Waals surface area contributed by atoms with Crippen molar-refractivity contribution in [3.63, 3.8) is 0 Å². The van der Waals surface area contributed by atoms with Gasteiger partial charge in [0, 0.05) is 24.8 Å². The summed E-state index contributed by atoms with van der Waals surface area (Å²) in [6.45, 7) is 1.38. The lowest BCUT2D eigenvalue weighted by Crippen LogP contribution is -2.38. The molecule has 0 radical (unpaired) electrons. The fourth-order valence-electron chi connectivity index (χ4n) is 1.71. The molecule has 2 rings (SSSR count). The fraction of sp³-hybridized carbons (Fsp3) is 0.417. The molecule has 4 heteroatoms. The largest absolute Gasteiger partial charge is 0.381 e. The van der Waals surface area contributed by atoms with Gasteiger partial charge in [-0.25, -0.2) is 4.39 Å². The van der Waals surface area contributed by atoms with Crippen molar-refractivity contribution in [2.24, 2.45) is 0 Å². The standard InChI is InChI=1S/C12H14FNO2/c13-10-3-1-9(2-4-10)12(15)14-11-5-7-16-8-6-11/h1-4,11H,5-8H2,(H,14,15). The molecule has 1 aliphatic rings. The Morgan fingerprint density at radius 3 is 2.50 bits per heavy atom. The minimum Gasteiger partial charge on any atom is -0.381 e. The third-order valence-electron chi connectivity index (χ3n) is 2.66. The Morgan fingerprint density at radius 2 is 1.88 bits per heavy atom. The highest BCUT2D eigenvalue weighted by molar-refractivity contribution is 5.94. The number of amides is 1. The molecule has 1 fully saturated rings. The van der Waals surface area contributed by atoms with E-state index in [1.54, 1.807) is 0 Å².